The summed E-state index contributed by atoms with van der Waals surface area (Å²) >= 11 is 0. The third-order valence-corrected chi connectivity index (χ3v) is 2.41. The Kier molecular flexibility index (Phi) is 6.46. The highest BCUT2D eigenvalue weighted by Crippen LogP contribution is 1.92. The van der Waals surface area contributed by atoms with Crippen LogP contribution in [0.25, 0.3) is 0 Å². The second-order valence-corrected chi connectivity index (χ2v) is 3.94. The highest BCUT2D eigenvalue weighted by atomic mass is 16.2. The van der Waals surface area contributed by atoms with Gasteiger partial charge in [0.15, 0.2) is 0 Å². The molecular formula is C13H19N3O2. The van der Waals surface area contributed by atoms with E-state index in [2.05, 4.69) is 15.6 Å². The zero-order valence-corrected chi connectivity index (χ0v) is 10.6. The second-order valence-electron chi connectivity index (χ2n) is 3.94. The summed E-state index contributed by atoms with van der Waals surface area (Å²) in [4.78, 5) is 26.8. The average Bonchev–Trinajstić information content (AvgIpc) is 2.40. The highest BCUT2D eigenvalue weighted by Gasteiger charge is 2.11. The second kappa shape index (κ2) is 8.22. The summed E-state index contributed by atoms with van der Waals surface area (Å²) in [6, 6.07) is 5.61. The fraction of sp³-hybridized carbons (Fsp3) is 0.462. The van der Waals surface area contributed by atoms with Crippen LogP contribution in [-0.2, 0) is 16.0 Å². The minimum atomic E-state index is -0.581. The van der Waals surface area contributed by atoms with E-state index in [0.29, 0.717) is 19.5 Å². The van der Waals surface area contributed by atoms with Gasteiger partial charge in [0.2, 0.25) is 0 Å². The number of nitrogens with one attached hydrogen (secondary N) is 2. The molecule has 1 aromatic heterocycles. The number of nitrogens with zero attached hydrogens (tertiary/aromatic N) is 1. The van der Waals surface area contributed by atoms with E-state index < -0.39 is 11.8 Å². The molecule has 0 unspecified atom stereocenters. The maximum atomic E-state index is 11.4. The average molecular weight is 249 g/mol. The Balaban J connectivity index is 2.18. The van der Waals surface area contributed by atoms with Gasteiger partial charge in [-0.25, -0.2) is 0 Å². The summed E-state index contributed by atoms with van der Waals surface area (Å²) in [5.41, 5.74) is 0.893. The van der Waals surface area contributed by atoms with Crippen molar-refractivity contribution >= 4 is 11.8 Å². The van der Waals surface area contributed by atoms with Crippen LogP contribution in [0, 0.1) is 0 Å². The fourth-order valence-corrected chi connectivity index (χ4v) is 1.39. The first-order valence-corrected chi connectivity index (χ1v) is 6.20. The number of unbranched alkanes of at least 4 members (excludes halogenated alkanes) is 1. The van der Waals surface area contributed by atoms with Crippen LogP contribution in [-0.4, -0.2) is 29.9 Å². The smallest absolute Gasteiger partial charge is 0.309 e. The molecule has 5 heteroatoms. The predicted octanol–water partition coefficient (Wildman–Crippen LogP) is 0.657. The Morgan fingerprint density at radius 3 is 2.50 bits per heavy atom. The molecule has 0 aliphatic carbocycles. The number of carbonyl (C=O) groups is 2. The molecule has 0 atom stereocenters. The zero-order valence-electron chi connectivity index (χ0n) is 10.6. The van der Waals surface area contributed by atoms with Crippen LogP contribution in [0.15, 0.2) is 24.4 Å². The van der Waals surface area contributed by atoms with Crippen molar-refractivity contribution in [2.45, 2.75) is 26.2 Å². The summed E-state index contributed by atoms with van der Waals surface area (Å²) in [6.45, 7) is 2.99. The molecule has 2 N–H and O–H groups in total. The van der Waals surface area contributed by atoms with Gasteiger partial charge in [0.1, 0.15) is 0 Å². The molecule has 2 amide bonds. The largest absolute Gasteiger partial charge is 0.348 e. The lowest BCUT2D eigenvalue weighted by molar-refractivity contribution is -0.139. The van der Waals surface area contributed by atoms with Crippen molar-refractivity contribution in [3.63, 3.8) is 0 Å². The van der Waals surface area contributed by atoms with Crippen molar-refractivity contribution in [3.05, 3.63) is 30.1 Å². The van der Waals surface area contributed by atoms with Crippen LogP contribution in [0.5, 0.6) is 0 Å². The molecule has 0 aliphatic rings. The third-order valence-electron chi connectivity index (χ3n) is 2.41. The van der Waals surface area contributed by atoms with Gasteiger partial charge in [-0.1, -0.05) is 19.4 Å². The topological polar surface area (TPSA) is 71.1 Å². The van der Waals surface area contributed by atoms with Gasteiger partial charge >= 0.3 is 11.8 Å². The van der Waals surface area contributed by atoms with Gasteiger partial charge in [0.05, 0.1) is 0 Å². The number of hydrogen-bond donors (Lipinski definition) is 2. The van der Waals surface area contributed by atoms with Gasteiger partial charge in [0.25, 0.3) is 0 Å². The Bertz CT molecular complexity index is 379. The van der Waals surface area contributed by atoms with E-state index >= 15 is 0 Å². The molecule has 5 nitrogen and oxygen atoms in total. The SMILES string of the molecule is CCCCNC(=O)C(=O)NCCc1ccccn1. The van der Waals surface area contributed by atoms with Crippen LogP contribution in [0.1, 0.15) is 25.5 Å². The normalized spacial score (nSPS) is 9.83. The van der Waals surface area contributed by atoms with E-state index in [0.717, 1.165) is 18.5 Å². The molecule has 0 aliphatic heterocycles. The van der Waals surface area contributed by atoms with Crippen LogP contribution >= 0.6 is 0 Å². The van der Waals surface area contributed by atoms with Crippen LogP contribution in [0.2, 0.25) is 0 Å². The molecule has 0 spiro atoms. The highest BCUT2D eigenvalue weighted by molar-refractivity contribution is 6.35. The van der Waals surface area contributed by atoms with E-state index in [1.165, 1.54) is 0 Å². The number of hydrogen-bond acceptors (Lipinski definition) is 3. The van der Waals surface area contributed by atoms with E-state index in [9.17, 15) is 9.59 Å². The van der Waals surface area contributed by atoms with Gasteiger partial charge < -0.3 is 10.6 Å². The summed E-state index contributed by atoms with van der Waals surface area (Å²) in [5, 5.41) is 5.13. The molecule has 0 radical (unpaired) electrons. The standard InChI is InChI=1S/C13H19N3O2/c1-2-3-8-15-12(17)13(18)16-10-7-11-6-4-5-9-14-11/h4-6,9H,2-3,7-8,10H2,1H3,(H,15,17)(H,16,18). The lowest BCUT2D eigenvalue weighted by atomic mass is 10.3. The van der Waals surface area contributed by atoms with E-state index in [-0.39, 0.29) is 0 Å². The Morgan fingerprint density at radius 1 is 1.17 bits per heavy atom. The van der Waals surface area contributed by atoms with Crippen molar-refractivity contribution in [1.82, 2.24) is 15.6 Å². The van der Waals surface area contributed by atoms with E-state index in [1.54, 1.807) is 6.20 Å². The Morgan fingerprint density at radius 2 is 1.89 bits per heavy atom. The van der Waals surface area contributed by atoms with Gasteiger partial charge in [-0.2, -0.15) is 0 Å². The lowest BCUT2D eigenvalue weighted by Gasteiger charge is -2.05. The predicted molar refractivity (Wildman–Crippen MR) is 68.9 cm³/mol. The molecule has 0 saturated heterocycles. The van der Waals surface area contributed by atoms with Crippen molar-refractivity contribution in [2.75, 3.05) is 13.1 Å². The van der Waals surface area contributed by atoms with Gasteiger partial charge in [-0.3, -0.25) is 14.6 Å². The van der Waals surface area contributed by atoms with Crippen molar-refractivity contribution in [3.8, 4) is 0 Å². The lowest BCUT2D eigenvalue weighted by Crippen LogP contribution is -2.41. The molecule has 18 heavy (non-hydrogen) atoms. The van der Waals surface area contributed by atoms with Crippen LogP contribution < -0.4 is 10.6 Å². The molecule has 0 fully saturated rings. The molecule has 1 rings (SSSR count). The van der Waals surface area contributed by atoms with E-state index in [4.69, 9.17) is 0 Å². The molecule has 0 saturated carbocycles. The minimum absolute atomic E-state index is 0.414. The minimum Gasteiger partial charge on any atom is -0.348 e. The summed E-state index contributed by atoms with van der Waals surface area (Å²) in [7, 11) is 0. The molecule has 0 aromatic carbocycles. The number of amides is 2. The summed E-state index contributed by atoms with van der Waals surface area (Å²) in [6.07, 6.45) is 4.19. The quantitative estimate of drug-likeness (QED) is 0.574. The third kappa shape index (κ3) is 5.43. The first-order valence-electron chi connectivity index (χ1n) is 6.20. The molecule has 1 aromatic rings. The monoisotopic (exact) mass is 249 g/mol. The molecule has 1 heterocycles. The molecular weight excluding hydrogens is 230 g/mol. The first kappa shape index (κ1) is 14.2. The summed E-state index contributed by atoms with van der Waals surface area (Å²) in [5.74, 6) is -1.15. The maximum Gasteiger partial charge on any atom is 0.309 e. The number of carbonyl (C=O) groups excluding carboxylic acids is 2. The number of rotatable bonds is 6. The zero-order chi connectivity index (χ0) is 13.2. The van der Waals surface area contributed by atoms with Crippen LogP contribution in [0.3, 0.4) is 0 Å². The van der Waals surface area contributed by atoms with Gasteiger partial charge in [0, 0.05) is 31.4 Å². The Hall–Kier alpha value is -1.91. The van der Waals surface area contributed by atoms with Crippen molar-refractivity contribution in [1.29, 1.82) is 0 Å². The van der Waals surface area contributed by atoms with Gasteiger partial charge in [-0.05, 0) is 18.6 Å². The molecule has 0 bridgehead atoms. The van der Waals surface area contributed by atoms with Crippen molar-refractivity contribution in [2.24, 2.45) is 0 Å². The van der Waals surface area contributed by atoms with Gasteiger partial charge in [-0.15, -0.1) is 0 Å². The number of pyridine rings is 1. The summed E-state index contributed by atoms with van der Waals surface area (Å²) < 4.78 is 0. The first-order chi connectivity index (χ1) is 8.74. The van der Waals surface area contributed by atoms with Crippen molar-refractivity contribution < 1.29 is 9.59 Å². The van der Waals surface area contributed by atoms with Crippen LogP contribution in [0.4, 0.5) is 0 Å². The number of aromatic nitrogens is 1. The Labute approximate surface area is 107 Å². The molecule has 98 valence electrons. The van der Waals surface area contributed by atoms with E-state index in [1.807, 2.05) is 25.1 Å². The maximum absolute atomic E-state index is 11.4. The fourth-order valence-electron chi connectivity index (χ4n) is 1.39.